The van der Waals surface area contributed by atoms with E-state index in [2.05, 4.69) is 46.2 Å². The van der Waals surface area contributed by atoms with Crippen LogP contribution in [0.2, 0.25) is 0 Å². The van der Waals surface area contributed by atoms with Crippen molar-refractivity contribution in [3.63, 3.8) is 0 Å². The molecule has 5 nitrogen and oxygen atoms in total. The minimum Gasteiger partial charge on any atom is -0.338 e. The largest absolute Gasteiger partial charge is 0.338 e. The van der Waals surface area contributed by atoms with E-state index in [-0.39, 0.29) is 12.4 Å². The second-order valence-corrected chi connectivity index (χ2v) is 5.29. The van der Waals surface area contributed by atoms with Crippen molar-refractivity contribution < 1.29 is 4.52 Å². The fourth-order valence-corrected chi connectivity index (χ4v) is 2.95. The van der Waals surface area contributed by atoms with Crippen molar-refractivity contribution in [2.45, 2.75) is 38.9 Å². The summed E-state index contributed by atoms with van der Waals surface area (Å²) in [4.78, 5) is 6.72. The predicted molar refractivity (Wildman–Crippen MR) is 83.0 cm³/mol. The molecule has 1 aliphatic rings. The maximum Gasteiger partial charge on any atom is 0.240 e. The SMILES string of the molecule is Cc1ccccc1C1CCCN1Cc1noc(CN)n1.Cl. The number of halogens is 1. The van der Waals surface area contributed by atoms with Crippen molar-refractivity contribution in [1.29, 1.82) is 0 Å². The highest BCUT2D eigenvalue weighted by molar-refractivity contribution is 5.85. The number of hydrogen-bond acceptors (Lipinski definition) is 5. The van der Waals surface area contributed by atoms with Crippen LogP contribution in [0.25, 0.3) is 0 Å². The summed E-state index contributed by atoms with van der Waals surface area (Å²) in [5.41, 5.74) is 8.26. The van der Waals surface area contributed by atoms with Gasteiger partial charge in [0.05, 0.1) is 13.1 Å². The molecule has 1 aromatic heterocycles. The number of hydrogen-bond donors (Lipinski definition) is 1. The van der Waals surface area contributed by atoms with E-state index >= 15 is 0 Å². The van der Waals surface area contributed by atoms with Gasteiger partial charge in [0, 0.05) is 6.04 Å². The van der Waals surface area contributed by atoms with Crippen molar-refractivity contribution in [2.75, 3.05) is 6.54 Å². The zero-order chi connectivity index (χ0) is 13.9. The molecule has 0 saturated carbocycles. The number of rotatable bonds is 4. The average Bonchev–Trinajstić information content (AvgIpc) is 3.09. The molecule has 114 valence electrons. The fourth-order valence-electron chi connectivity index (χ4n) is 2.95. The summed E-state index contributed by atoms with van der Waals surface area (Å²) in [6.45, 7) is 4.27. The lowest BCUT2D eigenvalue weighted by molar-refractivity contribution is 0.237. The standard InChI is InChI=1S/C15H20N4O.ClH/c1-11-5-2-3-6-12(11)13-7-4-8-19(13)10-14-17-15(9-16)20-18-14;/h2-3,5-6,13H,4,7-10,16H2,1H3;1H. The molecule has 0 amide bonds. The van der Waals surface area contributed by atoms with Crippen LogP contribution in [0.4, 0.5) is 0 Å². The normalized spacial score (nSPS) is 18.7. The molecule has 1 aromatic carbocycles. The predicted octanol–water partition coefficient (Wildman–Crippen LogP) is 2.60. The van der Waals surface area contributed by atoms with E-state index in [1.165, 1.54) is 24.0 Å². The van der Waals surface area contributed by atoms with Gasteiger partial charge in [0.15, 0.2) is 5.82 Å². The number of likely N-dealkylation sites (tertiary alicyclic amines) is 1. The minimum absolute atomic E-state index is 0. The summed E-state index contributed by atoms with van der Waals surface area (Å²) < 4.78 is 5.08. The number of aryl methyl sites for hydroxylation is 1. The summed E-state index contributed by atoms with van der Waals surface area (Å²) >= 11 is 0. The molecule has 0 radical (unpaired) electrons. The highest BCUT2D eigenvalue weighted by Gasteiger charge is 2.28. The Morgan fingerprint density at radius 1 is 1.38 bits per heavy atom. The highest BCUT2D eigenvalue weighted by Crippen LogP contribution is 2.34. The van der Waals surface area contributed by atoms with E-state index in [0.717, 1.165) is 18.9 Å². The van der Waals surface area contributed by atoms with Gasteiger partial charge in [-0.25, -0.2) is 0 Å². The van der Waals surface area contributed by atoms with Crippen LogP contribution in [-0.2, 0) is 13.1 Å². The van der Waals surface area contributed by atoms with Crippen LogP contribution in [0.3, 0.4) is 0 Å². The van der Waals surface area contributed by atoms with Crippen LogP contribution < -0.4 is 5.73 Å². The quantitative estimate of drug-likeness (QED) is 0.940. The van der Waals surface area contributed by atoms with Crippen molar-refractivity contribution in [2.24, 2.45) is 5.73 Å². The Bertz CT molecular complexity index is 587. The van der Waals surface area contributed by atoms with Crippen LogP contribution in [-0.4, -0.2) is 21.6 Å². The Labute approximate surface area is 130 Å². The molecule has 0 bridgehead atoms. The molecule has 1 unspecified atom stereocenters. The van der Waals surface area contributed by atoms with E-state index in [1.54, 1.807) is 0 Å². The Kier molecular flexibility index (Phi) is 5.33. The molecule has 2 N–H and O–H groups in total. The Balaban J connectivity index is 0.00000161. The molecule has 1 aliphatic heterocycles. The summed E-state index contributed by atoms with van der Waals surface area (Å²) in [5, 5.41) is 3.99. The van der Waals surface area contributed by atoms with Crippen molar-refractivity contribution in [3.8, 4) is 0 Å². The first kappa shape index (κ1) is 15.9. The Morgan fingerprint density at radius 3 is 2.90 bits per heavy atom. The molecule has 0 aliphatic carbocycles. The zero-order valence-electron chi connectivity index (χ0n) is 12.2. The van der Waals surface area contributed by atoms with Gasteiger partial charge in [-0.05, 0) is 37.4 Å². The lowest BCUT2D eigenvalue weighted by Gasteiger charge is -2.24. The maximum absolute atomic E-state index is 5.50. The van der Waals surface area contributed by atoms with Gasteiger partial charge in [-0.2, -0.15) is 4.98 Å². The van der Waals surface area contributed by atoms with Crippen LogP contribution in [0.15, 0.2) is 28.8 Å². The molecule has 1 saturated heterocycles. The third kappa shape index (κ3) is 3.43. The molecule has 0 spiro atoms. The van der Waals surface area contributed by atoms with Gasteiger partial charge in [0.1, 0.15) is 0 Å². The topological polar surface area (TPSA) is 68.2 Å². The smallest absolute Gasteiger partial charge is 0.240 e. The van der Waals surface area contributed by atoms with Gasteiger partial charge < -0.3 is 10.3 Å². The van der Waals surface area contributed by atoms with E-state index < -0.39 is 0 Å². The molecule has 2 aromatic rings. The second kappa shape index (κ2) is 7.02. The number of aromatic nitrogens is 2. The van der Waals surface area contributed by atoms with Crippen LogP contribution in [0, 0.1) is 6.92 Å². The molecule has 21 heavy (non-hydrogen) atoms. The van der Waals surface area contributed by atoms with E-state index in [9.17, 15) is 0 Å². The zero-order valence-corrected chi connectivity index (χ0v) is 13.0. The fraction of sp³-hybridized carbons (Fsp3) is 0.467. The summed E-state index contributed by atoms with van der Waals surface area (Å²) in [6, 6.07) is 9.05. The lowest BCUT2D eigenvalue weighted by atomic mass is 9.99. The molecule has 1 atom stereocenters. The molecule has 2 heterocycles. The van der Waals surface area contributed by atoms with Gasteiger partial charge in [-0.1, -0.05) is 29.4 Å². The molecular formula is C15H21ClN4O. The third-order valence-electron chi connectivity index (χ3n) is 3.94. The van der Waals surface area contributed by atoms with Crippen molar-refractivity contribution in [1.82, 2.24) is 15.0 Å². The number of benzene rings is 1. The van der Waals surface area contributed by atoms with Crippen LogP contribution >= 0.6 is 12.4 Å². The van der Waals surface area contributed by atoms with Crippen LogP contribution in [0.1, 0.15) is 41.7 Å². The average molecular weight is 309 g/mol. The second-order valence-electron chi connectivity index (χ2n) is 5.29. The molecule has 3 rings (SSSR count). The number of nitrogens with zero attached hydrogens (tertiary/aromatic N) is 3. The minimum atomic E-state index is 0. The third-order valence-corrected chi connectivity index (χ3v) is 3.94. The van der Waals surface area contributed by atoms with Gasteiger partial charge in [-0.15, -0.1) is 12.4 Å². The highest BCUT2D eigenvalue weighted by atomic mass is 35.5. The summed E-state index contributed by atoms with van der Waals surface area (Å²) in [5.74, 6) is 1.23. The van der Waals surface area contributed by atoms with Crippen molar-refractivity contribution in [3.05, 3.63) is 47.1 Å². The van der Waals surface area contributed by atoms with E-state index in [1.807, 2.05) is 0 Å². The first-order valence-corrected chi connectivity index (χ1v) is 7.09. The first-order chi connectivity index (χ1) is 9.78. The van der Waals surface area contributed by atoms with E-state index in [4.69, 9.17) is 10.3 Å². The van der Waals surface area contributed by atoms with Gasteiger partial charge in [0.25, 0.3) is 0 Å². The monoisotopic (exact) mass is 308 g/mol. The first-order valence-electron chi connectivity index (χ1n) is 7.09. The van der Waals surface area contributed by atoms with Gasteiger partial charge in [0.2, 0.25) is 5.89 Å². The van der Waals surface area contributed by atoms with Crippen molar-refractivity contribution >= 4 is 12.4 Å². The van der Waals surface area contributed by atoms with Crippen LogP contribution in [0.5, 0.6) is 0 Å². The summed E-state index contributed by atoms with van der Waals surface area (Å²) in [7, 11) is 0. The Hall–Kier alpha value is -1.43. The van der Waals surface area contributed by atoms with E-state index in [0.29, 0.717) is 18.5 Å². The molecule has 6 heteroatoms. The number of nitrogens with two attached hydrogens (primary N) is 1. The molecular weight excluding hydrogens is 288 g/mol. The van der Waals surface area contributed by atoms with Gasteiger partial charge >= 0.3 is 0 Å². The summed E-state index contributed by atoms with van der Waals surface area (Å²) in [6.07, 6.45) is 2.40. The maximum atomic E-state index is 5.50. The molecule has 1 fully saturated rings. The van der Waals surface area contributed by atoms with Gasteiger partial charge in [-0.3, -0.25) is 4.90 Å². The Morgan fingerprint density at radius 2 is 2.19 bits per heavy atom. The lowest BCUT2D eigenvalue weighted by Crippen LogP contribution is -2.24.